The van der Waals surface area contributed by atoms with E-state index in [-0.39, 0.29) is 23.9 Å². The Bertz CT molecular complexity index is 397. The molecule has 0 aromatic heterocycles. The minimum Gasteiger partial charge on any atom is -0.351 e. The van der Waals surface area contributed by atoms with Crippen molar-refractivity contribution < 1.29 is 9.59 Å². The standard InChI is InChI=1S/C15H28N4O2/c1-3-17-14(21)19-9-7-11(10-19)18-13(20)12-6-4-5-8-15(12,2)16/h11-12H,3-10,16H2,1-2H3,(H,17,21)(H,18,20). The zero-order chi connectivity index (χ0) is 15.5. The van der Waals surface area contributed by atoms with Crippen LogP contribution in [0.3, 0.4) is 0 Å². The predicted molar refractivity (Wildman–Crippen MR) is 81.7 cm³/mol. The molecule has 0 bridgehead atoms. The van der Waals surface area contributed by atoms with Gasteiger partial charge in [-0.15, -0.1) is 0 Å². The van der Waals surface area contributed by atoms with Crippen molar-refractivity contribution in [1.29, 1.82) is 0 Å². The molecule has 21 heavy (non-hydrogen) atoms. The molecule has 4 N–H and O–H groups in total. The molecule has 2 rings (SSSR count). The number of nitrogens with one attached hydrogen (secondary N) is 2. The minimum absolute atomic E-state index is 0.0458. The van der Waals surface area contributed by atoms with Crippen molar-refractivity contribution in [2.24, 2.45) is 11.7 Å². The van der Waals surface area contributed by atoms with Crippen molar-refractivity contribution in [3.05, 3.63) is 0 Å². The van der Waals surface area contributed by atoms with Gasteiger partial charge in [0.05, 0.1) is 5.92 Å². The first kappa shape index (κ1) is 16.1. The monoisotopic (exact) mass is 296 g/mol. The Hall–Kier alpha value is -1.30. The highest BCUT2D eigenvalue weighted by molar-refractivity contribution is 5.81. The molecule has 6 heteroatoms. The van der Waals surface area contributed by atoms with Gasteiger partial charge in [0.1, 0.15) is 0 Å². The number of nitrogens with zero attached hydrogens (tertiary/aromatic N) is 1. The number of amides is 3. The molecule has 1 saturated carbocycles. The van der Waals surface area contributed by atoms with E-state index < -0.39 is 5.54 Å². The number of rotatable bonds is 3. The highest BCUT2D eigenvalue weighted by Crippen LogP contribution is 2.31. The lowest BCUT2D eigenvalue weighted by molar-refractivity contribution is -0.128. The Morgan fingerprint density at radius 2 is 2.10 bits per heavy atom. The maximum Gasteiger partial charge on any atom is 0.317 e. The van der Waals surface area contributed by atoms with Gasteiger partial charge in [0.2, 0.25) is 5.91 Å². The molecule has 2 fully saturated rings. The summed E-state index contributed by atoms with van der Waals surface area (Å²) in [6, 6.07) is 0.00779. The number of carbonyl (C=O) groups excluding carboxylic acids is 2. The molecule has 1 aliphatic carbocycles. The van der Waals surface area contributed by atoms with Crippen LogP contribution in [0.15, 0.2) is 0 Å². The molecule has 0 spiro atoms. The first-order valence-electron chi connectivity index (χ1n) is 8.06. The van der Waals surface area contributed by atoms with Gasteiger partial charge in [-0.3, -0.25) is 4.79 Å². The Morgan fingerprint density at radius 3 is 2.76 bits per heavy atom. The van der Waals surface area contributed by atoms with Crippen molar-refractivity contribution in [2.75, 3.05) is 19.6 Å². The summed E-state index contributed by atoms with van der Waals surface area (Å²) in [6.45, 7) is 5.79. The van der Waals surface area contributed by atoms with Crippen LogP contribution in [0.5, 0.6) is 0 Å². The molecule has 0 aromatic carbocycles. The first-order chi connectivity index (χ1) is 9.94. The second-order valence-electron chi connectivity index (χ2n) is 6.58. The van der Waals surface area contributed by atoms with E-state index in [0.29, 0.717) is 19.6 Å². The van der Waals surface area contributed by atoms with Crippen molar-refractivity contribution in [2.45, 2.75) is 57.5 Å². The lowest BCUT2D eigenvalue weighted by atomic mass is 9.74. The molecular formula is C15H28N4O2. The van der Waals surface area contributed by atoms with Crippen molar-refractivity contribution in [3.63, 3.8) is 0 Å². The van der Waals surface area contributed by atoms with E-state index in [2.05, 4.69) is 10.6 Å². The van der Waals surface area contributed by atoms with E-state index in [1.165, 1.54) is 0 Å². The van der Waals surface area contributed by atoms with Crippen LogP contribution in [0.2, 0.25) is 0 Å². The van der Waals surface area contributed by atoms with Gasteiger partial charge in [-0.2, -0.15) is 0 Å². The molecule has 2 aliphatic rings. The van der Waals surface area contributed by atoms with Crippen LogP contribution >= 0.6 is 0 Å². The summed E-state index contributed by atoms with van der Waals surface area (Å²) in [5.74, 6) is -0.0489. The molecule has 3 atom stereocenters. The molecule has 0 radical (unpaired) electrons. The zero-order valence-electron chi connectivity index (χ0n) is 13.2. The van der Waals surface area contributed by atoms with Gasteiger partial charge >= 0.3 is 6.03 Å². The molecule has 3 amide bonds. The first-order valence-corrected chi connectivity index (χ1v) is 8.06. The second-order valence-corrected chi connectivity index (χ2v) is 6.58. The van der Waals surface area contributed by atoms with Crippen LogP contribution in [-0.4, -0.2) is 48.1 Å². The quantitative estimate of drug-likeness (QED) is 0.720. The van der Waals surface area contributed by atoms with Crippen LogP contribution in [0.1, 0.15) is 46.0 Å². The molecule has 3 unspecified atom stereocenters. The van der Waals surface area contributed by atoms with E-state index in [4.69, 9.17) is 5.73 Å². The number of carbonyl (C=O) groups is 2. The molecule has 1 aliphatic heterocycles. The van der Waals surface area contributed by atoms with Crippen LogP contribution in [0.25, 0.3) is 0 Å². The maximum atomic E-state index is 12.5. The number of urea groups is 1. The highest BCUT2D eigenvalue weighted by atomic mass is 16.2. The van der Waals surface area contributed by atoms with Gasteiger partial charge < -0.3 is 21.3 Å². The molecule has 0 aromatic rings. The second kappa shape index (κ2) is 6.64. The summed E-state index contributed by atoms with van der Waals surface area (Å²) in [4.78, 5) is 26.0. The topological polar surface area (TPSA) is 87.5 Å². The number of hydrogen-bond donors (Lipinski definition) is 3. The van der Waals surface area contributed by atoms with Crippen LogP contribution in [0.4, 0.5) is 4.79 Å². The Morgan fingerprint density at radius 1 is 1.33 bits per heavy atom. The van der Waals surface area contributed by atoms with Crippen molar-refractivity contribution in [3.8, 4) is 0 Å². The fraction of sp³-hybridized carbons (Fsp3) is 0.867. The molecule has 1 saturated heterocycles. The van der Waals surface area contributed by atoms with Crippen LogP contribution in [0, 0.1) is 5.92 Å². The van der Waals surface area contributed by atoms with Crippen LogP contribution < -0.4 is 16.4 Å². The van der Waals surface area contributed by atoms with Gasteiger partial charge in [-0.1, -0.05) is 12.8 Å². The van der Waals surface area contributed by atoms with Crippen LogP contribution in [-0.2, 0) is 4.79 Å². The maximum absolute atomic E-state index is 12.5. The average Bonchev–Trinajstić information content (AvgIpc) is 2.87. The Balaban J connectivity index is 1.85. The van der Waals surface area contributed by atoms with Gasteiger partial charge in [-0.25, -0.2) is 4.79 Å². The van der Waals surface area contributed by atoms with Gasteiger partial charge in [0.25, 0.3) is 0 Å². The summed E-state index contributed by atoms with van der Waals surface area (Å²) >= 11 is 0. The predicted octanol–water partition coefficient (Wildman–Crippen LogP) is 0.814. The van der Waals surface area contributed by atoms with Gasteiger partial charge in [0, 0.05) is 31.2 Å². The summed E-state index contributed by atoms with van der Waals surface area (Å²) < 4.78 is 0. The summed E-state index contributed by atoms with van der Waals surface area (Å²) in [5, 5.41) is 5.88. The summed E-state index contributed by atoms with van der Waals surface area (Å²) in [7, 11) is 0. The summed E-state index contributed by atoms with van der Waals surface area (Å²) in [6.07, 6.45) is 4.76. The Labute approximate surface area is 126 Å². The van der Waals surface area contributed by atoms with Gasteiger partial charge in [-0.05, 0) is 33.1 Å². The fourth-order valence-corrected chi connectivity index (χ4v) is 3.42. The molecule has 6 nitrogen and oxygen atoms in total. The average molecular weight is 296 g/mol. The van der Waals surface area contributed by atoms with Gasteiger partial charge in [0.15, 0.2) is 0 Å². The minimum atomic E-state index is -0.403. The normalized spacial score (nSPS) is 32.8. The van der Waals surface area contributed by atoms with E-state index >= 15 is 0 Å². The molecule has 120 valence electrons. The number of likely N-dealkylation sites (tertiary alicyclic amines) is 1. The smallest absolute Gasteiger partial charge is 0.317 e. The number of hydrogen-bond acceptors (Lipinski definition) is 3. The fourth-order valence-electron chi connectivity index (χ4n) is 3.42. The van der Waals surface area contributed by atoms with Crippen molar-refractivity contribution in [1.82, 2.24) is 15.5 Å². The SMILES string of the molecule is CCNC(=O)N1CCC(NC(=O)C2CCCCC2(C)N)C1. The van der Waals surface area contributed by atoms with E-state index in [1.54, 1.807) is 4.90 Å². The number of nitrogens with two attached hydrogens (primary N) is 1. The van der Waals surface area contributed by atoms with E-state index in [9.17, 15) is 9.59 Å². The highest BCUT2D eigenvalue weighted by Gasteiger charge is 2.39. The van der Waals surface area contributed by atoms with Crippen molar-refractivity contribution >= 4 is 11.9 Å². The third-order valence-corrected chi connectivity index (χ3v) is 4.72. The Kier molecular flexibility index (Phi) is 5.08. The third-order valence-electron chi connectivity index (χ3n) is 4.72. The van der Waals surface area contributed by atoms with E-state index in [1.807, 2.05) is 13.8 Å². The lowest BCUT2D eigenvalue weighted by Gasteiger charge is -2.37. The molecule has 1 heterocycles. The lowest BCUT2D eigenvalue weighted by Crippen LogP contribution is -2.54. The molecular weight excluding hydrogens is 268 g/mol. The third kappa shape index (κ3) is 3.87. The summed E-state index contributed by atoms with van der Waals surface area (Å²) in [5.41, 5.74) is 5.87. The largest absolute Gasteiger partial charge is 0.351 e. The van der Waals surface area contributed by atoms with E-state index in [0.717, 1.165) is 32.1 Å². The zero-order valence-corrected chi connectivity index (χ0v) is 13.2.